The van der Waals surface area contributed by atoms with E-state index >= 15 is 0 Å². The van der Waals surface area contributed by atoms with Crippen LogP contribution in [0.4, 0.5) is 0 Å². The third kappa shape index (κ3) is 4.04. The number of carbonyl (C=O) groups excluding carboxylic acids is 1. The third-order valence-electron chi connectivity index (χ3n) is 3.67. The molecule has 0 radical (unpaired) electrons. The third-order valence-corrected chi connectivity index (χ3v) is 3.67. The van der Waals surface area contributed by atoms with Crippen LogP contribution in [0.25, 0.3) is 0 Å². The molecule has 1 aromatic carbocycles. The summed E-state index contributed by atoms with van der Waals surface area (Å²) in [6.07, 6.45) is 1.38. The molecule has 0 bridgehead atoms. The maximum absolute atomic E-state index is 12.2. The van der Waals surface area contributed by atoms with Gasteiger partial charge in [0.05, 0.1) is 0 Å². The molecule has 1 atom stereocenters. The maximum Gasteiger partial charge on any atom is 0.326 e. The standard InChI is InChI=1S/C16H22N2O3/c1-10(2)7-14(16(20)21)18-15(19)12-4-3-11-5-6-17-9-13(11)8-12/h3-4,8,10,14,17H,5-7,9H2,1-2H3,(H,18,19)(H,20,21). The van der Waals surface area contributed by atoms with E-state index in [1.165, 1.54) is 5.56 Å². The lowest BCUT2D eigenvalue weighted by molar-refractivity contribution is -0.139. The molecule has 0 saturated carbocycles. The van der Waals surface area contributed by atoms with Crippen LogP contribution >= 0.6 is 0 Å². The number of aliphatic carboxylic acids is 1. The molecule has 5 nitrogen and oxygen atoms in total. The lowest BCUT2D eigenvalue weighted by Crippen LogP contribution is -2.41. The SMILES string of the molecule is CC(C)CC(NC(=O)c1ccc2c(c1)CNCC2)C(=O)O. The van der Waals surface area contributed by atoms with Crippen LogP contribution < -0.4 is 10.6 Å². The zero-order valence-corrected chi connectivity index (χ0v) is 12.5. The molecule has 1 amide bonds. The van der Waals surface area contributed by atoms with Gasteiger partial charge in [-0.25, -0.2) is 4.79 Å². The highest BCUT2D eigenvalue weighted by Crippen LogP contribution is 2.16. The molecule has 114 valence electrons. The van der Waals surface area contributed by atoms with E-state index in [9.17, 15) is 14.7 Å². The second kappa shape index (κ2) is 6.72. The first-order valence-corrected chi connectivity index (χ1v) is 7.33. The highest BCUT2D eigenvalue weighted by molar-refractivity contribution is 5.96. The van der Waals surface area contributed by atoms with Crippen molar-refractivity contribution < 1.29 is 14.7 Å². The summed E-state index contributed by atoms with van der Waals surface area (Å²) in [7, 11) is 0. The number of carboxylic acid groups (broad SMARTS) is 1. The quantitative estimate of drug-likeness (QED) is 0.769. The smallest absolute Gasteiger partial charge is 0.326 e. The predicted octanol–water partition coefficient (Wildman–Crippen LogP) is 1.56. The Morgan fingerprint density at radius 3 is 2.76 bits per heavy atom. The minimum absolute atomic E-state index is 0.208. The molecule has 0 saturated heterocycles. The average molecular weight is 290 g/mol. The Balaban J connectivity index is 2.10. The van der Waals surface area contributed by atoms with E-state index in [-0.39, 0.29) is 11.8 Å². The monoisotopic (exact) mass is 290 g/mol. The molecule has 2 rings (SSSR count). The van der Waals surface area contributed by atoms with Crippen LogP contribution in [0.2, 0.25) is 0 Å². The van der Waals surface area contributed by atoms with Gasteiger partial charge < -0.3 is 15.7 Å². The summed E-state index contributed by atoms with van der Waals surface area (Å²) >= 11 is 0. The first-order valence-electron chi connectivity index (χ1n) is 7.33. The molecule has 0 aromatic heterocycles. The Hall–Kier alpha value is -1.88. The van der Waals surface area contributed by atoms with Gasteiger partial charge in [0.1, 0.15) is 6.04 Å². The summed E-state index contributed by atoms with van der Waals surface area (Å²) in [6.45, 7) is 5.58. The molecule has 21 heavy (non-hydrogen) atoms. The summed E-state index contributed by atoms with van der Waals surface area (Å²) in [5.41, 5.74) is 2.89. The normalized spacial score (nSPS) is 15.4. The van der Waals surface area contributed by atoms with E-state index < -0.39 is 12.0 Å². The fourth-order valence-corrected chi connectivity index (χ4v) is 2.56. The molecule has 0 fully saturated rings. The fourth-order valence-electron chi connectivity index (χ4n) is 2.56. The van der Waals surface area contributed by atoms with E-state index in [2.05, 4.69) is 10.6 Å². The maximum atomic E-state index is 12.2. The number of hydrogen-bond donors (Lipinski definition) is 3. The van der Waals surface area contributed by atoms with Crippen molar-refractivity contribution in [2.75, 3.05) is 6.54 Å². The highest BCUT2D eigenvalue weighted by atomic mass is 16.4. The summed E-state index contributed by atoms with van der Waals surface area (Å²) in [5.74, 6) is -1.10. The number of benzene rings is 1. The Bertz CT molecular complexity index is 540. The molecule has 1 aromatic rings. The van der Waals surface area contributed by atoms with Gasteiger partial charge in [-0.2, -0.15) is 0 Å². The summed E-state index contributed by atoms with van der Waals surface area (Å²) < 4.78 is 0. The van der Waals surface area contributed by atoms with Gasteiger partial charge >= 0.3 is 5.97 Å². The summed E-state index contributed by atoms with van der Waals surface area (Å²) in [5, 5.41) is 15.1. The summed E-state index contributed by atoms with van der Waals surface area (Å²) in [6, 6.07) is 4.74. The van der Waals surface area contributed by atoms with Crippen molar-refractivity contribution in [2.24, 2.45) is 5.92 Å². The van der Waals surface area contributed by atoms with Crippen LogP contribution in [0.3, 0.4) is 0 Å². The van der Waals surface area contributed by atoms with Crippen molar-refractivity contribution in [3.8, 4) is 0 Å². The van der Waals surface area contributed by atoms with Gasteiger partial charge in [-0.15, -0.1) is 0 Å². The van der Waals surface area contributed by atoms with Gasteiger partial charge in [-0.3, -0.25) is 4.79 Å². The van der Waals surface area contributed by atoms with Crippen LogP contribution in [0.15, 0.2) is 18.2 Å². The second-order valence-electron chi connectivity index (χ2n) is 5.90. The van der Waals surface area contributed by atoms with Crippen molar-refractivity contribution >= 4 is 11.9 Å². The Morgan fingerprint density at radius 2 is 2.10 bits per heavy atom. The lowest BCUT2D eigenvalue weighted by atomic mass is 9.98. The Morgan fingerprint density at radius 1 is 1.33 bits per heavy atom. The van der Waals surface area contributed by atoms with E-state index in [4.69, 9.17) is 0 Å². The molecule has 1 aliphatic heterocycles. The molecule has 5 heteroatoms. The van der Waals surface area contributed by atoms with Gasteiger partial charge in [0, 0.05) is 12.1 Å². The molecule has 0 spiro atoms. The average Bonchev–Trinajstić information content (AvgIpc) is 2.45. The van der Waals surface area contributed by atoms with E-state index in [0.717, 1.165) is 25.1 Å². The molecular weight excluding hydrogens is 268 g/mol. The van der Waals surface area contributed by atoms with E-state index in [0.29, 0.717) is 12.0 Å². The minimum atomic E-state index is -0.989. The number of carboxylic acids is 1. The molecular formula is C16H22N2O3. The van der Waals surface area contributed by atoms with Gasteiger partial charge in [0.25, 0.3) is 5.91 Å². The first kappa shape index (κ1) is 15.5. The van der Waals surface area contributed by atoms with E-state index in [1.807, 2.05) is 26.0 Å². The van der Waals surface area contributed by atoms with Crippen molar-refractivity contribution in [1.82, 2.24) is 10.6 Å². The zero-order chi connectivity index (χ0) is 15.4. The number of rotatable bonds is 5. The second-order valence-corrected chi connectivity index (χ2v) is 5.90. The lowest BCUT2D eigenvalue weighted by Gasteiger charge is -2.19. The van der Waals surface area contributed by atoms with Crippen molar-refractivity contribution in [3.05, 3.63) is 34.9 Å². The number of carbonyl (C=O) groups is 2. The Labute approximate surface area is 124 Å². The van der Waals surface area contributed by atoms with Gasteiger partial charge in [-0.1, -0.05) is 19.9 Å². The largest absolute Gasteiger partial charge is 0.480 e. The highest BCUT2D eigenvalue weighted by Gasteiger charge is 2.22. The molecule has 1 heterocycles. The van der Waals surface area contributed by atoms with Crippen molar-refractivity contribution in [2.45, 2.75) is 39.3 Å². The number of hydrogen-bond acceptors (Lipinski definition) is 3. The molecule has 0 aliphatic carbocycles. The number of fused-ring (bicyclic) bond motifs is 1. The van der Waals surface area contributed by atoms with Gasteiger partial charge in [0.2, 0.25) is 0 Å². The van der Waals surface area contributed by atoms with Crippen LogP contribution in [0.5, 0.6) is 0 Å². The number of amides is 1. The van der Waals surface area contributed by atoms with Crippen molar-refractivity contribution in [1.29, 1.82) is 0 Å². The minimum Gasteiger partial charge on any atom is -0.480 e. The van der Waals surface area contributed by atoms with Crippen LogP contribution in [-0.2, 0) is 17.8 Å². The van der Waals surface area contributed by atoms with Gasteiger partial charge in [0.15, 0.2) is 0 Å². The topological polar surface area (TPSA) is 78.4 Å². The predicted molar refractivity (Wildman–Crippen MR) is 80.2 cm³/mol. The number of nitrogens with one attached hydrogen (secondary N) is 2. The van der Waals surface area contributed by atoms with Crippen LogP contribution in [-0.4, -0.2) is 29.6 Å². The first-order chi connectivity index (χ1) is 9.97. The Kier molecular flexibility index (Phi) is 4.96. The summed E-state index contributed by atoms with van der Waals surface area (Å²) in [4.78, 5) is 23.4. The molecule has 3 N–H and O–H groups in total. The molecule has 1 unspecified atom stereocenters. The van der Waals surface area contributed by atoms with Gasteiger partial charge in [-0.05, 0) is 48.6 Å². The fraction of sp³-hybridized carbons (Fsp3) is 0.500. The molecule has 1 aliphatic rings. The van der Waals surface area contributed by atoms with E-state index in [1.54, 1.807) is 6.07 Å². The van der Waals surface area contributed by atoms with Crippen LogP contribution in [0.1, 0.15) is 41.8 Å². The zero-order valence-electron chi connectivity index (χ0n) is 12.5. The van der Waals surface area contributed by atoms with Crippen molar-refractivity contribution in [3.63, 3.8) is 0 Å². The van der Waals surface area contributed by atoms with Crippen LogP contribution in [0, 0.1) is 5.92 Å².